The molecule has 0 bridgehead atoms. The van der Waals surface area contributed by atoms with Gasteiger partial charge in [-0.25, -0.2) is 0 Å². The fourth-order valence-corrected chi connectivity index (χ4v) is 2.73. The summed E-state index contributed by atoms with van der Waals surface area (Å²) in [4.78, 5) is 25.1. The van der Waals surface area contributed by atoms with Crippen molar-refractivity contribution in [1.29, 1.82) is 0 Å². The monoisotopic (exact) mass is 358 g/mol. The lowest BCUT2D eigenvalue weighted by atomic mass is 9.89. The smallest absolute Gasteiger partial charge is 0.272 e. The normalized spacial score (nSPS) is 12.2. The molecule has 0 aliphatic carbocycles. The highest BCUT2D eigenvalue weighted by atomic mass is 16.2. The Morgan fingerprint density at radius 2 is 1.35 bits per heavy atom. The molecule has 0 aliphatic heterocycles. The van der Waals surface area contributed by atoms with Crippen LogP contribution in [0.25, 0.3) is 0 Å². The fourth-order valence-electron chi connectivity index (χ4n) is 2.73. The van der Waals surface area contributed by atoms with E-state index in [0.717, 1.165) is 5.69 Å². The number of carbonyl (C=O) groups is 2. The minimum absolute atomic E-state index is 0.0380. The Balaban J connectivity index is 2.20. The van der Waals surface area contributed by atoms with Crippen molar-refractivity contribution in [3.05, 3.63) is 35.9 Å². The van der Waals surface area contributed by atoms with Crippen LogP contribution in [0.2, 0.25) is 0 Å². The van der Waals surface area contributed by atoms with Gasteiger partial charge in [0.15, 0.2) is 5.78 Å². The number of ketones is 1. The van der Waals surface area contributed by atoms with Gasteiger partial charge in [-0.05, 0) is 32.9 Å². The summed E-state index contributed by atoms with van der Waals surface area (Å²) in [5.41, 5.74) is 2.06. The lowest BCUT2D eigenvalue weighted by molar-refractivity contribution is 0.0849. The molecule has 0 saturated carbocycles. The highest BCUT2D eigenvalue weighted by molar-refractivity contribution is 6.05. The zero-order valence-corrected chi connectivity index (χ0v) is 17.0. The molecule has 1 amide bonds. The van der Waals surface area contributed by atoms with Crippen LogP contribution < -0.4 is 10.6 Å². The predicted molar refractivity (Wildman–Crippen MR) is 106 cm³/mol. The van der Waals surface area contributed by atoms with E-state index in [0.29, 0.717) is 17.1 Å². The Morgan fingerprint density at radius 1 is 0.846 bits per heavy atom. The molecular formula is C20H30N4O2. The highest BCUT2D eigenvalue weighted by Gasteiger charge is 2.26. The van der Waals surface area contributed by atoms with Crippen molar-refractivity contribution >= 4 is 23.1 Å². The number of anilines is 2. The summed E-state index contributed by atoms with van der Waals surface area (Å²) in [5.74, 6) is -0.175. The summed E-state index contributed by atoms with van der Waals surface area (Å²) in [6.45, 7) is 11.9. The standard InChI is InChI=1S/C20H30N4O2/c1-19(2,3)17(25)15-9-13(11-23(15)7)21-18(26)16-10-14(12-24(16)8)22-20(4,5)6/h9-12,22H,1-8H3,(H,21,26). The van der Waals surface area contributed by atoms with Gasteiger partial charge in [0.2, 0.25) is 0 Å². The number of rotatable bonds is 4. The summed E-state index contributed by atoms with van der Waals surface area (Å²) in [7, 11) is 3.64. The van der Waals surface area contributed by atoms with Crippen LogP contribution in [0.3, 0.4) is 0 Å². The second kappa shape index (κ2) is 6.67. The zero-order chi connectivity index (χ0) is 19.9. The summed E-state index contributed by atoms with van der Waals surface area (Å²) >= 11 is 0. The summed E-state index contributed by atoms with van der Waals surface area (Å²) in [6, 6.07) is 3.55. The Bertz CT molecular complexity index is 829. The third-order valence-corrected chi connectivity index (χ3v) is 3.93. The zero-order valence-electron chi connectivity index (χ0n) is 17.0. The number of hydrogen-bond donors (Lipinski definition) is 2. The van der Waals surface area contributed by atoms with E-state index in [1.54, 1.807) is 21.4 Å². The lowest BCUT2D eigenvalue weighted by Gasteiger charge is -2.20. The summed E-state index contributed by atoms with van der Waals surface area (Å²) < 4.78 is 3.54. The van der Waals surface area contributed by atoms with Crippen LogP contribution in [0, 0.1) is 5.41 Å². The van der Waals surface area contributed by atoms with Gasteiger partial charge in [-0.3, -0.25) is 9.59 Å². The van der Waals surface area contributed by atoms with E-state index >= 15 is 0 Å². The highest BCUT2D eigenvalue weighted by Crippen LogP contribution is 2.24. The maximum atomic E-state index is 12.6. The topological polar surface area (TPSA) is 68.1 Å². The first-order chi connectivity index (χ1) is 11.8. The summed E-state index contributed by atoms with van der Waals surface area (Å²) in [5, 5.41) is 6.24. The van der Waals surface area contributed by atoms with Crippen molar-refractivity contribution in [2.45, 2.75) is 47.1 Å². The molecule has 0 radical (unpaired) electrons. The molecular weight excluding hydrogens is 328 g/mol. The molecule has 0 atom stereocenters. The number of aromatic nitrogens is 2. The van der Waals surface area contributed by atoms with E-state index in [1.807, 2.05) is 47.1 Å². The average Bonchev–Trinajstić information content (AvgIpc) is 2.98. The Labute approximate surface area is 155 Å². The van der Waals surface area contributed by atoms with Gasteiger partial charge >= 0.3 is 0 Å². The molecule has 2 heterocycles. The maximum Gasteiger partial charge on any atom is 0.272 e. The number of amides is 1. The van der Waals surface area contributed by atoms with Crippen molar-refractivity contribution in [2.75, 3.05) is 10.6 Å². The van der Waals surface area contributed by atoms with Gasteiger partial charge in [0, 0.05) is 37.4 Å². The molecule has 2 aromatic rings. The van der Waals surface area contributed by atoms with Gasteiger partial charge < -0.3 is 19.8 Å². The molecule has 26 heavy (non-hydrogen) atoms. The molecule has 2 N–H and O–H groups in total. The predicted octanol–water partition coefficient (Wildman–Crippen LogP) is 4.06. The fraction of sp³-hybridized carbons (Fsp3) is 0.500. The van der Waals surface area contributed by atoms with E-state index in [2.05, 4.69) is 31.4 Å². The number of aryl methyl sites for hydroxylation is 2. The van der Waals surface area contributed by atoms with E-state index in [9.17, 15) is 9.59 Å². The third-order valence-electron chi connectivity index (χ3n) is 3.93. The number of Topliss-reactive ketones (excluding diaryl/α,β-unsaturated/α-hetero) is 1. The third kappa shape index (κ3) is 4.56. The SMILES string of the molecule is Cn1cc(NC(C)(C)C)cc1C(=O)Nc1cc(C(=O)C(C)(C)C)n(C)c1. The van der Waals surface area contributed by atoms with E-state index < -0.39 is 5.41 Å². The van der Waals surface area contributed by atoms with Gasteiger partial charge in [-0.1, -0.05) is 20.8 Å². The van der Waals surface area contributed by atoms with Crippen LogP contribution in [0.4, 0.5) is 11.4 Å². The van der Waals surface area contributed by atoms with Gasteiger partial charge in [0.1, 0.15) is 5.69 Å². The minimum Gasteiger partial charge on any atom is -0.379 e. The molecule has 6 nitrogen and oxygen atoms in total. The number of nitrogens with one attached hydrogen (secondary N) is 2. The molecule has 6 heteroatoms. The van der Waals surface area contributed by atoms with Crippen molar-refractivity contribution in [3.63, 3.8) is 0 Å². The maximum absolute atomic E-state index is 12.6. The Kier molecular flexibility index (Phi) is 5.08. The molecule has 0 unspecified atom stereocenters. The number of carbonyl (C=O) groups excluding carboxylic acids is 2. The van der Waals surface area contributed by atoms with Crippen molar-refractivity contribution in [1.82, 2.24) is 9.13 Å². The molecule has 0 spiro atoms. The van der Waals surface area contributed by atoms with Crippen LogP contribution >= 0.6 is 0 Å². The van der Waals surface area contributed by atoms with Crippen molar-refractivity contribution in [3.8, 4) is 0 Å². The molecule has 0 fully saturated rings. The molecule has 0 aromatic carbocycles. The van der Waals surface area contributed by atoms with Gasteiger partial charge in [-0.15, -0.1) is 0 Å². The van der Waals surface area contributed by atoms with Gasteiger partial charge in [0.25, 0.3) is 5.91 Å². The first-order valence-corrected chi connectivity index (χ1v) is 8.75. The van der Waals surface area contributed by atoms with Gasteiger partial charge in [-0.2, -0.15) is 0 Å². The second-order valence-corrected chi connectivity index (χ2v) is 8.86. The van der Waals surface area contributed by atoms with E-state index in [1.165, 1.54) is 0 Å². The summed E-state index contributed by atoms with van der Waals surface area (Å²) in [6.07, 6.45) is 3.65. The van der Waals surface area contributed by atoms with E-state index in [4.69, 9.17) is 0 Å². The van der Waals surface area contributed by atoms with Crippen LogP contribution in [-0.4, -0.2) is 26.4 Å². The number of hydrogen-bond acceptors (Lipinski definition) is 3. The van der Waals surface area contributed by atoms with E-state index in [-0.39, 0.29) is 17.2 Å². The first kappa shape index (κ1) is 19.8. The molecule has 0 saturated heterocycles. The Morgan fingerprint density at radius 3 is 1.88 bits per heavy atom. The molecule has 0 aliphatic rings. The van der Waals surface area contributed by atoms with Crippen LogP contribution in [0.15, 0.2) is 24.5 Å². The lowest BCUT2D eigenvalue weighted by Crippen LogP contribution is -2.25. The molecule has 142 valence electrons. The van der Waals surface area contributed by atoms with Crippen LogP contribution in [-0.2, 0) is 14.1 Å². The molecule has 2 rings (SSSR count). The van der Waals surface area contributed by atoms with Crippen molar-refractivity contribution < 1.29 is 9.59 Å². The van der Waals surface area contributed by atoms with Crippen LogP contribution in [0.1, 0.15) is 62.5 Å². The first-order valence-electron chi connectivity index (χ1n) is 8.75. The van der Waals surface area contributed by atoms with Crippen LogP contribution in [0.5, 0.6) is 0 Å². The van der Waals surface area contributed by atoms with Gasteiger partial charge in [0.05, 0.1) is 17.1 Å². The quantitative estimate of drug-likeness (QED) is 0.810. The largest absolute Gasteiger partial charge is 0.379 e. The second-order valence-electron chi connectivity index (χ2n) is 8.86. The average molecular weight is 358 g/mol. The van der Waals surface area contributed by atoms with Crippen molar-refractivity contribution in [2.24, 2.45) is 19.5 Å². The molecule has 2 aromatic heterocycles. The minimum atomic E-state index is -0.473. The number of nitrogens with zero attached hydrogens (tertiary/aromatic N) is 2. The Hall–Kier alpha value is -2.50.